The Labute approximate surface area is 302 Å². The minimum Gasteiger partial charge on any atom is -0.308 e. The van der Waals surface area contributed by atoms with Crippen LogP contribution in [0.1, 0.15) is 11.1 Å². The highest BCUT2D eigenvalue weighted by Crippen LogP contribution is 2.47. The lowest BCUT2D eigenvalue weighted by molar-refractivity contribution is 0.969. The molecule has 11 aromatic rings. The van der Waals surface area contributed by atoms with E-state index in [-0.39, 0.29) is 0 Å². The summed E-state index contributed by atoms with van der Waals surface area (Å²) in [5.74, 6) is 0. The Morgan fingerprint density at radius 3 is 1.88 bits per heavy atom. The number of aryl methyl sites for hydroxylation is 2. The summed E-state index contributed by atoms with van der Waals surface area (Å²) >= 11 is 0. The second kappa shape index (κ2) is 10.4. The van der Waals surface area contributed by atoms with Crippen LogP contribution in [0.3, 0.4) is 0 Å². The van der Waals surface area contributed by atoms with E-state index in [2.05, 4.69) is 180 Å². The van der Waals surface area contributed by atoms with Crippen molar-refractivity contribution in [1.29, 1.82) is 0 Å². The third-order valence-electron chi connectivity index (χ3n) is 12.3. The maximum atomic E-state index is 2.51. The van der Waals surface area contributed by atoms with E-state index >= 15 is 0 Å². The van der Waals surface area contributed by atoms with Crippen LogP contribution in [-0.2, 0) is 12.8 Å². The van der Waals surface area contributed by atoms with Crippen molar-refractivity contribution in [2.75, 3.05) is 0 Å². The molecule has 1 aliphatic rings. The fourth-order valence-corrected chi connectivity index (χ4v) is 15.7. The summed E-state index contributed by atoms with van der Waals surface area (Å²) in [6.07, 6.45) is 1.98. The summed E-state index contributed by atoms with van der Waals surface area (Å²) in [6.45, 7) is 0. The molecule has 9 aromatic carbocycles. The maximum Gasteiger partial charge on any atom is 0.181 e. The number of aromatic nitrogens is 1. The van der Waals surface area contributed by atoms with Gasteiger partial charge in [0, 0.05) is 21.5 Å². The van der Waals surface area contributed by atoms with Gasteiger partial charge >= 0.3 is 0 Å². The number of rotatable bonds is 5. The third kappa shape index (κ3) is 3.52. The molecule has 12 rings (SSSR count). The molecule has 52 heavy (non-hydrogen) atoms. The van der Waals surface area contributed by atoms with Gasteiger partial charge in [0.05, 0.1) is 16.6 Å². The number of para-hydroxylation sites is 1. The average Bonchev–Trinajstić information content (AvgIpc) is 3.85. The minimum absolute atomic E-state index is 0.985. The summed E-state index contributed by atoms with van der Waals surface area (Å²) in [5, 5.41) is 16.9. The first-order valence-corrected chi connectivity index (χ1v) is 20.5. The van der Waals surface area contributed by atoms with E-state index in [1.54, 1.807) is 5.19 Å². The largest absolute Gasteiger partial charge is 0.308 e. The molecule has 1 nitrogen and oxygen atoms in total. The quantitative estimate of drug-likeness (QED) is 0.126. The first kappa shape index (κ1) is 28.5. The van der Waals surface area contributed by atoms with Gasteiger partial charge in [0.2, 0.25) is 0 Å². The lowest BCUT2D eigenvalue weighted by Gasteiger charge is -2.33. The summed E-state index contributed by atoms with van der Waals surface area (Å²) < 4.78 is 2.51. The van der Waals surface area contributed by atoms with Crippen LogP contribution in [-0.4, -0.2) is 12.5 Å². The maximum absolute atomic E-state index is 2.56. The Hall–Kier alpha value is -6.22. The van der Waals surface area contributed by atoms with Gasteiger partial charge in [-0.15, -0.1) is 0 Å². The van der Waals surface area contributed by atoms with E-state index < -0.39 is 8.07 Å². The highest BCUT2D eigenvalue weighted by molar-refractivity contribution is 7.22. The van der Waals surface area contributed by atoms with Crippen LogP contribution < -0.4 is 20.7 Å². The fourth-order valence-electron chi connectivity index (χ4n) is 10.3. The van der Waals surface area contributed by atoms with Gasteiger partial charge in [-0.1, -0.05) is 164 Å². The van der Waals surface area contributed by atoms with Gasteiger partial charge in [0.1, 0.15) is 0 Å². The second-order valence-electron chi connectivity index (χ2n) is 14.7. The zero-order valence-electron chi connectivity index (χ0n) is 28.6. The highest BCUT2D eigenvalue weighted by atomic mass is 28.3. The molecule has 3 heterocycles. The summed E-state index contributed by atoms with van der Waals surface area (Å²) in [5.41, 5.74) is 9.65. The molecule has 0 saturated heterocycles. The molecule has 0 amide bonds. The van der Waals surface area contributed by atoms with E-state index in [1.807, 2.05) is 0 Å². The van der Waals surface area contributed by atoms with Crippen molar-refractivity contribution in [2.24, 2.45) is 0 Å². The topological polar surface area (TPSA) is 4.41 Å². The first-order valence-electron chi connectivity index (χ1n) is 18.5. The van der Waals surface area contributed by atoms with E-state index in [0.717, 1.165) is 12.8 Å². The zero-order chi connectivity index (χ0) is 34.0. The first-order chi connectivity index (χ1) is 25.8. The van der Waals surface area contributed by atoms with E-state index in [4.69, 9.17) is 0 Å². The van der Waals surface area contributed by atoms with Crippen molar-refractivity contribution in [3.8, 4) is 11.1 Å². The monoisotopic (exact) mass is 675 g/mol. The summed E-state index contributed by atoms with van der Waals surface area (Å²) in [7, 11) is -2.56. The van der Waals surface area contributed by atoms with Crippen LogP contribution in [0.4, 0.5) is 0 Å². The summed E-state index contributed by atoms with van der Waals surface area (Å²) in [4.78, 5) is 0. The lowest BCUT2D eigenvalue weighted by Crippen LogP contribution is -2.73. The van der Waals surface area contributed by atoms with Crippen molar-refractivity contribution in [1.82, 2.24) is 4.40 Å². The standard InChI is InChI=1S/C50H33NSi/c1-3-14-34(15-4-1)52(35-16-5-2-6-17-35)46-24-10-8-19-38(46)42-21-11-13-33(50(42)52)27-25-32-26-28-36-39-20-12-23-45-47(39)48-40(43(36)31-32)29-30-41-37-18-7-9-22-44(37)51(45)49(41)48/h1-24,26,28-31H,25,27H2. The van der Waals surface area contributed by atoms with Crippen LogP contribution in [0.15, 0.2) is 176 Å². The second-order valence-corrected chi connectivity index (χ2v) is 18.4. The van der Waals surface area contributed by atoms with Gasteiger partial charge in [-0.3, -0.25) is 0 Å². The molecule has 0 unspecified atom stereocenters. The molecule has 2 aromatic heterocycles. The predicted molar refractivity (Wildman–Crippen MR) is 224 cm³/mol. The number of benzene rings is 9. The molecule has 0 radical (unpaired) electrons. The minimum atomic E-state index is -2.56. The van der Waals surface area contributed by atoms with Crippen LogP contribution >= 0.6 is 0 Å². The van der Waals surface area contributed by atoms with Gasteiger partial charge in [-0.2, -0.15) is 0 Å². The van der Waals surface area contributed by atoms with Crippen LogP contribution in [0.5, 0.6) is 0 Å². The van der Waals surface area contributed by atoms with Crippen LogP contribution in [0.25, 0.3) is 70.8 Å². The molecule has 0 saturated carbocycles. The van der Waals surface area contributed by atoms with Crippen molar-refractivity contribution < 1.29 is 0 Å². The van der Waals surface area contributed by atoms with E-state index in [9.17, 15) is 0 Å². The Morgan fingerprint density at radius 1 is 0.404 bits per heavy atom. The molecule has 0 fully saturated rings. The lowest BCUT2D eigenvalue weighted by atomic mass is 9.91. The van der Waals surface area contributed by atoms with E-state index in [0.29, 0.717) is 0 Å². The summed E-state index contributed by atoms with van der Waals surface area (Å²) in [6, 6.07) is 66.9. The number of hydrogen-bond donors (Lipinski definition) is 0. The Kier molecular flexibility index (Phi) is 5.70. The van der Waals surface area contributed by atoms with Crippen molar-refractivity contribution >= 4 is 88.5 Å². The van der Waals surface area contributed by atoms with Gasteiger partial charge in [0.25, 0.3) is 0 Å². The number of fused-ring (bicyclic) bond motifs is 10. The third-order valence-corrected chi connectivity index (χ3v) is 17.3. The van der Waals surface area contributed by atoms with Crippen molar-refractivity contribution in [3.63, 3.8) is 0 Å². The molecule has 242 valence electrons. The predicted octanol–water partition coefficient (Wildman–Crippen LogP) is 9.72. The SMILES string of the molecule is c1ccc([Si]2(c3ccccc3)c3ccccc3-c3cccc(CCc4ccc5c(c4)c4ccc6c7ccccc7n7c8cccc5c8c4c67)c32)cc1. The van der Waals surface area contributed by atoms with E-state index in [1.165, 1.54) is 97.5 Å². The Balaban J connectivity index is 1.05. The normalized spacial score (nSPS) is 13.7. The van der Waals surface area contributed by atoms with Crippen molar-refractivity contribution in [3.05, 3.63) is 187 Å². The molecule has 0 N–H and O–H groups in total. The van der Waals surface area contributed by atoms with Gasteiger partial charge in [-0.25, -0.2) is 0 Å². The van der Waals surface area contributed by atoms with Gasteiger partial charge in [0.15, 0.2) is 8.07 Å². The molecule has 0 aliphatic carbocycles. The van der Waals surface area contributed by atoms with Gasteiger partial charge < -0.3 is 4.40 Å². The van der Waals surface area contributed by atoms with Gasteiger partial charge in [-0.05, 0) is 89.5 Å². The molecule has 0 atom stereocenters. The van der Waals surface area contributed by atoms with Crippen LogP contribution in [0, 0.1) is 0 Å². The van der Waals surface area contributed by atoms with Crippen molar-refractivity contribution in [2.45, 2.75) is 12.8 Å². The molecular weight excluding hydrogens is 643 g/mol. The fraction of sp³-hybridized carbons (Fsp3) is 0.0400. The zero-order valence-corrected chi connectivity index (χ0v) is 29.6. The smallest absolute Gasteiger partial charge is 0.181 e. The Morgan fingerprint density at radius 2 is 1.04 bits per heavy atom. The van der Waals surface area contributed by atoms with Crippen LogP contribution in [0.2, 0.25) is 0 Å². The number of hydrogen-bond acceptors (Lipinski definition) is 0. The molecule has 0 bridgehead atoms. The molecule has 2 heteroatoms. The highest BCUT2D eigenvalue weighted by Gasteiger charge is 2.49. The molecule has 1 aliphatic heterocycles. The number of nitrogens with zero attached hydrogens (tertiary/aromatic N) is 1. The molecular formula is C50H33NSi. The average molecular weight is 676 g/mol. The molecule has 0 spiro atoms. The Bertz CT molecular complexity index is 3130.